The number of nitrogens with zero attached hydrogens (tertiary/aromatic N) is 2. The smallest absolute Gasteiger partial charge is 0.411 e. The van der Waals surface area contributed by atoms with Crippen molar-refractivity contribution in [3.05, 3.63) is 0 Å². The van der Waals surface area contributed by atoms with Crippen LogP contribution >= 0.6 is 0 Å². The molecular weight excluding hydrogens is 296 g/mol. The Morgan fingerprint density at radius 1 is 1.30 bits per heavy atom. The number of carboxylic acids is 1. The van der Waals surface area contributed by atoms with Gasteiger partial charge in [-0.1, -0.05) is 0 Å². The summed E-state index contributed by atoms with van der Waals surface area (Å²) in [6, 6.07) is 0.0254. The van der Waals surface area contributed by atoms with E-state index in [1.807, 2.05) is 13.8 Å². The van der Waals surface area contributed by atoms with Crippen LogP contribution in [0.4, 0.5) is 4.79 Å². The molecule has 2 unspecified atom stereocenters. The maximum Gasteiger partial charge on any atom is 0.411 e. The van der Waals surface area contributed by atoms with E-state index in [4.69, 9.17) is 4.74 Å². The van der Waals surface area contributed by atoms with Crippen molar-refractivity contribution in [3.8, 4) is 0 Å². The Morgan fingerprint density at radius 2 is 1.96 bits per heavy atom. The molecule has 2 aliphatic rings. The third-order valence-corrected chi connectivity index (χ3v) is 4.85. The van der Waals surface area contributed by atoms with Gasteiger partial charge in [0.1, 0.15) is 11.1 Å². The zero-order valence-corrected chi connectivity index (χ0v) is 15.0. The number of hydrogen-bond acceptors (Lipinski definition) is 4. The van der Waals surface area contributed by atoms with Gasteiger partial charge in [-0.05, 0) is 66.8 Å². The van der Waals surface area contributed by atoms with Crippen LogP contribution in [0.1, 0.15) is 60.3 Å². The zero-order valence-electron chi connectivity index (χ0n) is 15.0. The van der Waals surface area contributed by atoms with Gasteiger partial charge in [0.2, 0.25) is 0 Å². The summed E-state index contributed by atoms with van der Waals surface area (Å²) in [6.45, 7) is 10.9. The minimum absolute atomic E-state index is 0.228. The van der Waals surface area contributed by atoms with E-state index in [2.05, 4.69) is 4.90 Å². The van der Waals surface area contributed by atoms with E-state index in [0.717, 1.165) is 25.9 Å². The Bertz CT molecular complexity index is 472. The van der Waals surface area contributed by atoms with E-state index in [0.29, 0.717) is 12.8 Å². The molecule has 0 radical (unpaired) electrons. The van der Waals surface area contributed by atoms with Crippen LogP contribution in [-0.4, -0.2) is 63.3 Å². The lowest BCUT2D eigenvalue weighted by molar-refractivity contribution is -0.157. The van der Waals surface area contributed by atoms with Gasteiger partial charge in [-0.15, -0.1) is 0 Å². The van der Waals surface area contributed by atoms with Crippen LogP contribution in [0.15, 0.2) is 0 Å². The summed E-state index contributed by atoms with van der Waals surface area (Å²) in [6.07, 6.45) is 2.53. The first-order valence-electron chi connectivity index (χ1n) is 8.56. The summed E-state index contributed by atoms with van der Waals surface area (Å²) >= 11 is 0. The standard InChI is InChI=1S/C17H30N2O4/c1-12(2)19(15(22)23-16(3,4)5)17(14(20)21)8-10-18-9-6-7-13(18)11-17/h12-13H,6-11H2,1-5H3,(H,20,21). The van der Waals surface area contributed by atoms with Crippen molar-refractivity contribution in [2.24, 2.45) is 0 Å². The molecule has 1 amide bonds. The van der Waals surface area contributed by atoms with Crippen LogP contribution in [0.2, 0.25) is 0 Å². The number of piperidine rings is 1. The number of carbonyl (C=O) groups excluding carboxylic acids is 1. The van der Waals surface area contributed by atoms with E-state index < -0.39 is 23.2 Å². The fourth-order valence-electron chi connectivity index (χ4n) is 3.95. The van der Waals surface area contributed by atoms with Crippen LogP contribution < -0.4 is 0 Å². The molecule has 132 valence electrons. The van der Waals surface area contributed by atoms with Crippen molar-refractivity contribution in [1.29, 1.82) is 0 Å². The van der Waals surface area contributed by atoms with Crippen molar-refractivity contribution in [2.45, 2.75) is 83.5 Å². The van der Waals surface area contributed by atoms with Crippen LogP contribution in [0.5, 0.6) is 0 Å². The molecule has 2 heterocycles. The number of fused-ring (bicyclic) bond motifs is 1. The number of aliphatic carboxylic acids is 1. The van der Waals surface area contributed by atoms with Gasteiger partial charge in [-0.2, -0.15) is 0 Å². The first-order chi connectivity index (χ1) is 10.6. The first-order valence-corrected chi connectivity index (χ1v) is 8.56. The van der Waals surface area contributed by atoms with Crippen LogP contribution in [0.3, 0.4) is 0 Å². The lowest BCUT2D eigenvalue weighted by Gasteiger charge is -2.49. The second-order valence-electron chi connectivity index (χ2n) is 8.07. The topological polar surface area (TPSA) is 70.1 Å². The number of ether oxygens (including phenoxy) is 1. The van der Waals surface area contributed by atoms with Crippen LogP contribution in [0, 0.1) is 0 Å². The van der Waals surface area contributed by atoms with Crippen molar-refractivity contribution in [1.82, 2.24) is 9.80 Å². The number of hydrogen-bond donors (Lipinski definition) is 1. The van der Waals surface area contributed by atoms with Crippen molar-refractivity contribution in [2.75, 3.05) is 13.1 Å². The number of carboxylic acid groups (broad SMARTS) is 1. The molecule has 1 N–H and O–H groups in total. The first kappa shape index (κ1) is 18.0. The molecule has 6 heteroatoms. The van der Waals surface area contributed by atoms with E-state index in [-0.39, 0.29) is 12.1 Å². The van der Waals surface area contributed by atoms with Crippen molar-refractivity contribution < 1.29 is 19.4 Å². The highest BCUT2D eigenvalue weighted by Crippen LogP contribution is 2.39. The molecule has 0 aromatic rings. The summed E-state index contributed by atoms with van der Waals surface area (Å²) in [5, 5.41) is 10.0. The van der Waals surface area contributed by atoms with Gasteiger partial charge in [0.15, 0.2) is 0 Å². The Morgan fingerprint density at radius 3 is 2.48 bits per heavy atom. The molecule has 0 aliphatic carbocycles. The molecule has 2 fully saturated rings. The molecule has 23 heavy (non-hydrogen) atoms. The van der Waals surface area contributed by atoms with E-state index in [1.165, 1.54) is 4.90 Å². The quantitative estimate of drug-likeness (QED) is 0.863. The zero-order chi connectivity index (χ0) is 17.4. The monoisotopic (exact) mass is 326 g/mol. The third kappa shape index (κ3) is 3.62. The molecule has 2 saturated heterocycles. The molecule has 2 rings (SSSR count). The second kappa shape index (κ2) is 6.30. The lowest BCUT2D eigenvalue weighted by atomic mass is 9.81. The minimum Gasteiger partial charge on any atom is -0.479 e. The maximum absolute atomic E-state index is 12.7. The Labute approximate surface area is 138 Å². The van der Waals surface area contributed by atoms with Crippen LogP contribution in [-0.2, 0) is 9.53 Å². The van der Waals surface area contributed by atoms with Gasteiger partial charge >= 0.3 is 12.1 Å². The predicted molar refractivity (Wildman–Crippen MR) is 87.4 cm³/mol. The molecule has 0 saturated carbocycles. The van der Waals surface area contributed by atoms with Crippen molar-refractivity contribution >= 4 is 12.1 Å². The molecule has 0 bridgehead atoms. The summed E-state index contributed by atoms with van der Waals surface area (Å²) in [5.41, 5.74) is -1.81. The fourth-order valence-corrected chi connectivity index (χ4v) is 3.95. The number of rotatable bonds is 3. The molecule has 0 aromatic carbocycles. The maximum atomic E-state index is 12.7. The highest BCUT2D eigenvalue weighted by molar-refractivity contribution is 5.85. The highest BCUT2D eigenvalue weighted by atomic mass is 16.6. The molecular formula is C17H30N2O4. The highest BCUT2D eigenvalue weighted by Gasteiger charge is 2.54. The van der Waals surface area contributed by atoms with E-state index >= 15 is 0 Å². The SMILES string of the molecule is CC(C)N(C(=O)OC(C)(C)C)C1(C(=O)O)CCN2CCCC2C1. The van der Waals surface area contributed by atoms with Gasteiger partial charge in [-0.25, -0.2) is 9.59 Å². The van der Waals surface area contributed by atoms with Gasteiger partial charge in [0, 0.05) is 18.6 Å². The molecule has 0 aromatic heterocycles. The minimum atomic E-state index is -1.16. The third-order valence-electron chi connectivity index (χ3n) is 4.85. The van der Waals surface area contributed by atoms with Gasteiger partial charge in [-0.3, -0.25) is 4.90 Å². The molecule has 2 atom stereocenters. The summed E-state index contributed by atoms with van der Waals surface area (Å²) in [4.78, 5) is 28.8. The summed E-state index contributed by atoms with van der Waals surface area (Å²) < 4.78 is 5.51. The largest absolute Gasteiger partial charge is 0.479 e. The Hall–Kier alpha value is -1.30. The summed E-state index contributed by atoms with van der Waals surface area (Å²) in [5.74, 6) is -0.913. The average molecular weight is 326 g/mol. The average Bonchev–Trinajstić information content (AvgIpc) is 2.82. The van der Waals surface area contributed by atoms with Gasteiger partial charge < -0.3 is 14.7 Å². The molecule has 2 aliphatic heterocycles. The van der Waals surface area contributed by atoms with E-state index in [1.54, 1.807) is 20.8 Å². The fraction of sp³-hybridized carbons (Fsp3) is 0.882. The normalized spacial score (nSPS) is 28.5. The van der Waals surface area contributed by atoms with Gasteiger partial charge in [0.25, 0.3) is 0 Å². The second-order valence-corrected chi connectivity index (χ2v) is 8.07. The molecule has 0 spiro atoms. The number of amides is 1. The Balaban J connectivity index is 2.32. The van der Waals surface area contributed by atoms with Gasteiger partial charge in [0.05, 0.1) is 0 Å². The van der Waals surface area contributed by atoms with Crippen molar-refractivity contribution in [3.63, 3.8) is 0 Å². The summed E-state index contributed by atoms with van der Waals surface area (Å²) in [7, 11) is 0. The predicted octanol–water partition coefficient (Wildman–Crippen LogP) is 2.71. The Kier molecular flexibility index (Phi) is 4.95. The van der Waals surface area contributed by atoms with E-state index in [9.17, 15) is 14.7 Å². The molecule has 6 nitrogen and oxygen atoms in total. The number of carbonyl (C=O) groups is 2. The van der Waals surface area contributed by atoms with Crippen LogP contribution in [0.25, 0.3) is 0 Å². The lowest BCUT2D eigenvalue weighted by Crippen LogP contribution is -2.65.